The van der Waals surface area contributed by atoms with E-state index in [0.717, 1.165) is 11.1 Å². The average Bonchev–Trinajstić information content (AvgIpc) is 2.76. The third kappa shape index (κ3) is 6.74. The van der Waals surface area contributed by atoms with Crippen LogP contribution in [0.4, 0.5) is 4.39 Å². The van der Waals surface area contributed by atoms with E-state index in [4.69, 9.17) is 14.2 Å². The summed E-state index contributed by atoms with van der Waals surface area (Å²) in [5.41, 5.74) is 1.42. The minimum absolute atomic E-state index is 0.127. The SMILES string of the molecule is COc1ccnc(C(=O)NCC(=O)O[C@@H](C)[C@H](C)c2ccc(F)cc2C)c1OC(=O)C(C)C. The largest absolute Gasteiger partial charge is 0.493 e. The molecule has 0 unspecified atom stereocenters. The van der Waals surface area contributed by atoms with Crippen LogP contribution < -0.4 is 14.8 Å². The first-order valence-electron chi connectivity index (χ1n) is 10.5. The van der Waals surface area contributed by atoms with Gasteiger partial charge in [-0.05, 0) is 37.1 Å². The topological polar surface area (TPSA) is 104 Å². The maximum Gasteiger partial charge on any atom is 0.325 e. The van der Waals surface area contributed by atoms with Gasteiger partial charge in [0.1, 0.15) is 18.5 Å². The zero-order chi connectivity index (χ0) is 24.7. The molecule has 0 saturated heterocycles. The Kier molecular flexibility index (Phi) is 8.90. The van der Waals surface area contributed by atoms with Gasteiger partial charge in [0.2, 0.25) is 5.75 Å². The summed E-state index contributed by atoms with van der Waals surface area (Å²) in [5.74, 6) is -2.88. The van der Waals surface area contributed by atoms with E-state index in [1.807, 2.05) is 6.92 Å². The van der Waals surface area contributed by atoms with Gasteiger partial charge in [-0.3, -0.25) is 14.4 Å². The minimum Gasteiger partial charge on any atom is -0.493 e. The molecular formula is C24H29FN2O6. The number of hydrogen-bond donors (Lipinski definition) is 1. The highest BCUT2D eigenvalue weighted by Gasteiger charge is 2.24. The van der Waals surface area contributed by atoms with Gasteiger partial charge in [-0.25, -0.2) is 9.37 Å². The number of methoxy groups -OCH3 is 1. The fraction of sp³-hybridized carbons (Fsp3) is 0.417. The van der Waals surface area contributed by atoms with Crippen molar-refractivity contribution in [2.75, 3.05) is 13.7 Å². The molecule has 0 fully saturated rings. The molecule has 0 saturated carbocycles. The molecule has 33 heavy (non-hydrogen) atoms. The lowest BCUT2D eigenvalue weighted by Crippen LogP contribution is -2.34. The summed E-state index contributed by atoms with van der Waals surface area (Å²) >= 11 is 0. The Balaban J connectivity index is 2.04. The smallest absolute Gasteiger partial charge is 0.325 e. The Morgan fingerprint density at radius 1 is 1.12 bits per heavy atom. The summed E-state index contributed by atoms with van der Waals surface area (Å²) in [7, 11) is 1.37. The number of rotatable bonds is 9. The van der Waals surface area contributed by atoms with Gasteiger partial charge in [-0.2, -0.15) is 0 Å². The van der Waals surface area contributed by atoms with Crippen molar-refractivity contribution < 1.29 is 33.0 Å². The zero-order valence-corrected chi connectivity index (χ0v) is 19.6. The van der Waals surface area contributed by atoms with Crippen LogP contribution in [-0.2, 0) is 14.3 Å². The molecule has 9 heteroatoms. The van der Waals surface area contributed by atoms with E-state index >= 15 is 0 Å². The molecule has 178 valence electrons. The van der Waals surface area contributed by atoms with E-state index in [1.165, 1.54) is 31.5 Å². The Bertz CT molecular complexity index is 1020. The van der Waals surface area contributed by atoms with Gasteiger partial charge in [-0.1, -0.05) is 26.8 Å². The number of nitrogens with zero attached hydrogens (tertiary/aromatic N) is 1. The summed E-state index contributed by atoms with van der Waals surface area (Å²) in [4.78, 5) is 41.0. The van der Waals surface area contributed by atoms with E-state index in [9.17, 15) is 18.8 Å². The molecule has 2 atom stereocenters. The third-order valence-corrected chi connectivity index (χ3v) is 5.11. The number of amides is 1. The van der Waals surface area contributed by atoms with E-state index in [2.05, 4.69) is 10.3 Å². The van der Waals surface area contributed by atoms with Crippen molar-refractivity contribution in [3.8, 4) is 11.5 Å². The second kappa shape index (κ2) is 11.4. The van der Waals surface area contributed by atoms with Crippen molar-refractivity contribution in [1.29, 1.82) is 0 Å². The Labute approximate surface area is 192 Å². The Hall–Kier alpha value is -3.49. The fourth-order valence-corrected chi connectivity index (χ4v) is 3.06. The van der Waals surface area contributed by atoms with Crippen LogP contribution in [0.1, 0.15) is 55.2 Å². The maximum absolute atomic E-state index is 13.4. The molecule has 1 N–H and O–H groups in total. The number of esters is 2. The van der Waals surface area contributed by atoms with E-state index in [-0.39, 0.29) is 28.9 Å². The molecule has 2 rings (SSSR count). The molecule has 1 amide bonds. The molecule has 2 aromatic rings. The quantitative estimate of drug-likeness (QED) is 0.571. The first-order valence-corrected chi connectivity index (χ1v) is 10.5. The van der Waals surface area contributed by atoms with Gasteiger partial charge < -0.3 is 19.5 Å². The number of halogens is 1. The summed E-state index contributed by atoms with van der Waals surface area (Å²) in [5, 5.41) is 2.42. The van der Waals surface area contributed by atoms with Gasteiger partial charge in [0.25, 0.3) is 5.91 Å². The highest BCUT2D eigenvalue weighted by atomic mass is 19.1. The third-order valence-electron chi connectivity index (χ3n) is 5.11. The number of carbonyl (C=O) groups excluding carboxylic acids is 3. The molecule has 1 heterocycles. The number of pyridine rings is 1. The van der Waals surface area contributed by atoms with E-state index in [1.54, 1.807) is 33.8 Å². The predicted molar refractivity (Wildman–Crippen MR) is 119 cm³/mol. The Morgan fingerprint density at radius 2 is 1.82 bits per heavy atom. The van der Waals surface area contributed by atoms with Crippen molar-refractivity contribution in [3.63, 3.8) is 0 Å². The molecule has 0 bridgehead atoms. The highest BCUT2D eigenvalue weighted by Crippen LogP contribution is 2.30. The van der Waals surface area contributed by atoms with Crippen molar-refractivity contribution in [2.45, 2.75) is 46.6 Å². The van der Waals surface area contributed by atoms with Crippen molar-refractivity contribution >= 4 is 17.8 Å². The normalized spacial score (nSPS) is 12.6. The molecule has 0 aliphatic rings. The van der Waals surface area contributed by atoms with Crippen LogP contribution in [0.25, 0.3) is 0 Å². The van der Waals surface area contributed by atoms with Crippen LogP contribution >= 0.6 is 0 Å². The first-order chi connectivity index (χ1) is 15.5. The number of nitrogens with one attached hydrogen (secondary N) is 1. The van der Waals surface area contributed by atoms with Crippen molar-refractivity contribution in [2.24, 2.45) is 5.92 Å². The van der Waals surface area contributed by atoms with E-state index < -0.39 is 36.4 Å². The minimum atomic E-state index is -0.729. The highest BCUT2D eigenvalue weighted by molar-refractivity contribution is 5.98. The van der Waals surface area contributed by atoms with Crippen LogP contribution in [0, 0.1) is 18.7 Å². The lowest BCUT2D eigenvalue weighted by Gasteiger charge is -2.22. The molecule has 0 aliphatic carbocycles. The molecule has 0 spiro atoms. The van der Waals surface area contributed by atoms with Crippen molar-refractivity contribution in [1.82, 2.24) is 10.3 Å². The van der Waals surface area contributed by atoms with Gasteiger partial charge in [0.05, 0.1) is 13.0 Å². The molecule has 1 aromatic carbocycles. The van der Waals surface area contributed by atoms with Crippen LogP contribution in [0.3, 0.4) is 0 Å². The van der Waals surface area contributed by atoms with Gasteiger partial charge in [0, 0.05) is 18.2 Å². The zero-order valence-electron chi connectivity index (χ0n) is 19.6. The molecule has 0 radical (unpaired) electrons. The van der Waals surface area contributed by atoms with E-state index in [0.29, 0.717) is 0 Å². The second-order valence-corrected chi connectivity index (χ2v) is 7.93. The van der Waals surface area contributed by atoms with Gasteiger partial charge in [0.15, 0.2) is 11.4 Å². The lowest BCUT2D eigenvalue weighted by atomic mass is 9.92. The number of ether oxygens (including phenoxy) is 3. The second-order valence-electron chi connectivity index (χ2n) is 7.93. The van der Waals surface area contributed by atoms with Gasteiger partial charge >= 0.3 is 11.9 Å². The maximum atomic E-state index is 13.4. The van der Waals surface area contributed by atoms with Crippen LogP contribution in [-0.4, -0.2) is 42.6 Å². The van der Waals surface area contributed by atoms with Crippen LogP contribution in [0.5, 0.6) is 11.5 Å². The average molecular weight is 461 g/mol. The fourth-order valence-electron chi connectivity index (χ4n) is 3.06. The first kappa shape index (κ1) is 25.8. The number of aromatic nitrogens is 1. The number of hydrogen-bond acceptors (Lipinski definition) is 7. The number of carbonyl (C=O) groups is 3. The summed E-state index contributed by atoms with van der Waals surface area (Å²) in [6.45, 7) is 8.25. The van der Waals surface area contributed by atoms with Crippen LogP contribution in [0.2, 0.25) is 0 Å². The van der Waals surface area contributed by atoms with Gasteiger partial charge in [-0.15, -0.1) is 0 Å². The number of benzene rings is 1. The summed E-state index contributed by atoms with van der Waals surface area (Å²) < 4.78 is 29.2. The molecule has 0 aliphatic heterocycles. The molecular weight excluding hydrogens is 431 g/mol. The lowest BCUT2D eigenvalue weighted by molar-refractivity contribution is -0.147. The predicted octanol–water partition coefficient (Wildman–Crippen LogP) is 3.56. The Morgan fingerprint density at radius 3 is 2.42 bits per heavy atom. The molecule has 1 aromatic heterocycles. The number of aryl methyl sites for hydroxylation is 1. The van der Waals surface area contributed by atoms with Crippen molar-refractivity contribution in [3.05, 3.63) is 53.1 Å². The monoisotopic (exact) mass is 460 g/mol. The summed E-state index contributed by atoms with van der Waals surface area (Å²) in [6, 6.07) is 5.90. The summed E-state index contributed by atoms with van der Waals surface area (Å²) in [6.07, 6.45) is 0.809. The van der Waals surface area contributed by atoms with Crippen LogP contribution in [0.15, 0.2) is 30.5 Å². The molecule has 8 nitrogen and oxygen atoms in total. The standard InChI is InChI=1S/C24H29FN2O6/c1-13(2)24(30)33-22-19(31-6)9-10-26-21(22)23(29)27-12-20(28)32-16(5)15(4)18-8-7-17(25)11-14(18)3/h7-11,13,15-16H,12H2,1-6H3,(H,27,29)/t15-,16-/m0/s1.